The van der Waals surface area contributed by atoms with E-state index in [2.05, 4.69) is 9.97 Å². The highest BCUT2D eigenvalue weighted by Gasteiger charge is 2.30. The predicted octanol–water partition coefficient (Wildman–Crippen LogP) is 3.18. The second-order valence-corrected chi connectivity index (χ2v) is 4.14. The van der Waals surface area contributed by atoms with Crippen molar-refractivity contribution >= 4 is 11.8 Å². The van der Waals surface area contributed by atoms with Crippen LogP contribution in [0, 0.1) is 6.92 Å². The molecule has 0 unspecified atom stereocenters. The Morgan fingerprint density at radius 3 is 2.33 bits per heavy atom. The molecule has 1 aromatic heterocycles. The van der Waals surface area contributed by atoms with Crippen LogP contribution in [0.3, 0.4) is 0 Å². The first-order chi connectivity index (χ1) is 6.90. The normalized spacial score (nSPS) is 11.9. The first-order valence-corrected chi connectivity index (χ1v) is 5.92. The molecule has 1 heterocycles. The fourth-order valence-corrected chi connectivity index (χ4v) is 1.86. The molecule has 2 nitrogen and oxygen atoms in total. The number of rotatable bonds is 3. The molecule has 0 aliphatic rings. The van der Waals surface area contributed by atoms with Gasteiger partial charge in [0.25, 0.3) is 5.92 Å². The molecule has 0 radical (unpaired) electrons. The average molecular weight is 232 g/mol. The number of aromatic nitrogens is 2. The first-order valence-electron chi connectivity index (χ1n) is 4.70. The van der Waals surface area contributed by atoms with Gasteiger partial charge in [-0.05, 0) is 19.6 Å². The molecule has 0 atom stereocenters. The summed E-state index contributed by atoms with van der Waals surface area (Å²) in [7, 11) is 0. The van der Waals surface area contributed by atoms with Crippen molar-refractivity contribution in [2.24, 2.45) is 0 Å². The van der Waals surface area contributed by atoms with Crippen LogP contribution in [-0.2, 0) is 12.3 Å². The van der Waals surface area contributed by atoms with Crippen molar-refractivity contribution in [3.05, 3.63) is 17.0 Å². The molecule has 0 spiro atoms. The van der Waals surface area contributed by atoms with Gasteiger partial charge in [-0.15, -0.1) is 0 Å². The zero-order chi connectivity index (χ0) is 11.6. The number of alkyl halides is 2. The summed E-state index contributed by atoms with van der Waals surface area (Å²) in [6.07, 6.45) is 2.30. The van der Waals surface area contributed by atoms with Crippen LogP contribution >= 0.6 is 11.8 Å². The summed E-state index contributed by atoms with van der Waals surface area (Å²) in [5, 5.41) is 0.404. The molecule has 0 bridgehead atoms. The number of thioether (sulfide) groups is 1. The number of aryl methyl sites for hydroxylation is 1. The number of hydrogen-bond donors (Lipinski definition) is 0. The van der Waals surface area contributed by atoms with Gasteiger partial charge in [0.1, 0.15) is 5.69 Å². The molecule has 0 saturated carbocycles. The van der Waals surface area contributed by atoms with Gasteiger partial charge >= 0.3 is 0 Å². The van der Waals surface area contributed by atoms with Crippen LogP contribution in [0.5, 0.6) is 0 Å². The summed E-state index contributed by atoms with van der Waals surface area (Å²) in [6, 6.07) is 0. The van der Waals surface area contributed by atoms with E-state index in [1.165, 1.54) is 11.8 Å². The molecule has 0 aliphatic carbocycles. The van der Waals surface area contributed by atoms with Gasteiger partial charge < -0.3 is 0 Å². The quantitative estimate of drug-likeness (QED) is 0.591. The van der Waals surface area contributed by atoms with Gasteiger partial charge in [-0.1, -0.05) is 18.7 Å². The molecule has 0 amide bonds. The highest BCUT2D eigenvalue weighted by atomic mass is 32.2. The Kier molecular flexibility index (Phi) is 3.65. The van der Waals surface area contributed by atoms with Gasteiger partial charge in [-0.25, -0.2) is 9.97 Å². The highest BCUT2D eigenvalue weighted by molar-refractivity contribution is 7.98. The summed E-state index contributed by atoms with van der Waals surface area (Å²) < 4.78 is 26.6. The van der Waals surface area contributed by atoms with Gasteiger partial charge in [0, 0.05) is 18.2 Å². The van der Waals surface area contributed by atoms with E-state index in [1.54, 1.807) is 13.2 Å². The third-order valence-electron chi connectivity index (χ3n) is 2.15. The largest absolute Gasteiger partial charge is 0.287 e. The van der Waals surface area contributed by atoms with Crippen molar-refractivity contribution < 1.29 is 8.78 Å². The number of halogens is 2. The number of hydrogen-bond acceptors (Lipinski definition) is 3. The fraction of sp³-hybridized carbons (Fsp3) is 0.600. The summed E-state index contributed by atoms with van der Waals surface area (Å²) >= 11 is 1.28. The van der Waals surface area contributed by atoms with Crippen molar-refractivity contribution in [3.63, 3.8) is 0 Å². The van der Waals surface area contributed by atoms with Crippen LogP contribution in [0.15, 0.2) is 5.16 Å². The minimum absolute atomic E-state index is 0.137. The topological polar surface area (TPSA) is 25.8 Å². The van der Waals surface area contributed by atoms with Gasteiger partial charge in [0.05, 0.1) is 0 Å². The molecule has 0 fully saturated rings. The Balaban J connectivity index is 3.39. The van der Waals surface area contributed by atoms with Gasteiger partial charge in [-0.3, -0.25) is 0 Å². The summed E-state index contributed by atoms with van der Waals surface area (Å²) in [6.45, 7) is 4.45. The third-order valence-corrected chi connectivity index (χ3v) is 2.69. The molecule has 5 heteroatoms. The second kappa shape index (κ2) is 4.43. The Bertz CT molecular complexity index is 361. The van der Waals surface area contributed by atoms with Gasteiger partial charge in [0.2, 0.25) is 0 Å². The first kappa shape index (κ1) is 12.4. The summed E-state index contributed by atoms with van der Waals surface area (Å²) in [4.78, 5) is 8.05. The van der Waals surface area contributed by atoms with E-state index in [4.69, 9.17) is 0 Å². The molecule has 15 heavy (non-hydrogen) atoms. The fourth-order valence-electron chi connectivity index (χ4n) is 1.45. The minimum Gasteiger partial charge on any atom is -0.228 e. The lowest BCUT2D eigenvalue weighted by atomic mass is 10.1. The van der Waals surface area contributed by atoms with Crippen LogP contribution < -0.4 is 0 Å². The van der Waals surface area contributed by atoms with E-state index in [9.17, 15) is 8.78 Å². The molecule has 0 aromatic carbocycles. The predicted molar refractivity (Wildman–Crippen MR) is 57.5 cm³/mol. The van der Waals surface area contributed by atoms with E-state index in [0.717, 1.165) is 6.92 Å². The molecule has 0 aliphatic heterocycles. The van der Waals surface area contributed by atoms with Crippen molar-refractivity contribution in [1.82, 2.24) is 9.97 Å². The minimum atomic E-state index is -2.90. The summed E-state index contributed by atoms with van der Waals surface area (Å²) in [5.41, 5.74) is 1.07. The van der Waals surface area contributed by atoms with E-state index in [-0.39, 0.29) is 5.69 Å². The smallest absolute Gasteiger partial charge is 0.228 e. The Labute approximate surface area is 92.5 Å². The average Bonchev–Trinajstić information content (AvgIpc) is 2.15. The molecular formula is C10H14F2N2S. The monoisotopic (exact) mass is 232 g/mol. The molecule has 0 N–H and O–H groups in total. The molecule has 1 aromatic rings. The van der Waals surface area contributed by atoms with Gasteiger partial charge in [0.15, 0.2) is 5.16 Å². The van der Waals surface area contributed by atoms with Crippen LogP contribution in [0.4, 0.5) is 8.78 Å². The second-order valence-electron chi connectivity index (χ2n) is 3.36. The van der Waals surface area contributed by atoms with Crippen molar-refractivity contribution in [1.29, 1.82) is 0 Å². The lowest BCUT2D eigenvalue weighted by molar-refractivity contribution is 0.0108. The van der Waals surface area contributed by atoms with Crippen LogP contribution in [0.25, 0.3) is 0 Å². The molecule has 84 valence electrons. The molecular weight excluding hydrogens is 218 g/mol. The zero-order valence-electron chi connectivity index (χ0n) is 9.27. The Morgan fingerprint density at radius 2 is 1.93 bits per heavy atom. The van der Waals surface area contributed by atoms with E-state index >= 15 is 0 Å². The maximum atomic E-state index is 13.3. The zero-order valence-corrected chi connectivity index (χ0v) is 10.1. The van der Waals surface area contributed by atoms with Crippen molar-refractivity contribution in [3.8, 4) is 0 Å². The standard InChI is InChI=1S/C10H14F2N2S/c1-5-7-6(2)13-9(15-4)14-8(7)10(3,11)12/h5H2,1-4H3. The number of nitrogens with zero attached hydrogens (tertiary/aromatic N) is 2. The lowest BCUT2D eigenvalue weighted by Gasteiger charge is -2.16. The summed E-state index contributed by atoms with van der Waals surface area (Å²) in [5.74, 6) is -2.90. The van der Waals surface area contributed by atoms with E-state index in [0.29, 0.717) is 22.8 Å². The maximum Gasteiger partial charge on any atom is 0.287 e. The SMILES string of the molecule is CCc1c(C)nc(SC)nc1C(C)(F)F. The lowest BCUT2D eigenvalue weighted by Crippen LogP contribution is -2.16. The Morgan fingerprint density at radius 1 is 1.33 bits per heavy atom. The van der Waals surface area contributed by atoms with Crippen LogP contribution in [-0.4, -0.2) is 16.2 Å². The van der Waals surface area contributed by atoms with Gasteiger partial charge in [-0.2, -0.15) is 8.78 Å². The van der Waals surface area contributed by atoms with E-state index < -0.39 is 5.92 Å². The Hall–Kier alpha value is -0.710. The van der Waals surface area contributed by atoms with Crippen molar-refractivity contribution in [2.45, 2.75) is 38.3 Å². The maximum absolute atomic E-state index is 13.3. The van der Waals surface area contributed by atoms with Crippen molar-refractivity contribution in [2.75, 3.05) is 6.26 Å². The van der Waals surface area contributed by atoms with Crippen LogP contribution in [0.2, 0.25) is 0 Å². The van der Waals surface area contributed by atoms with E-state index in [1.807, 2.05) is 6.92 Å². The third kappa shape index (κ3) is 2.65. The molecule has 0 saturated heterocycles. The van der Waals surface area contributed by atoms with Crippen LogP contribution in [0.1, 0.15) is 30.8 Å². The highest BCUT2D eigenvalue weighted by Crippen LogP contribution is 2.30. The molecule has 1 rings (SSSR count).